The van der Waals surface area contributed by atoms with E-state index in [-0.39, 0.29) is 19.1 Å². The molecule has 3 atom stereocenters. The number of carbonyl (C=O) groups is 1. The molecule has 0 rings (SSSR count). The Morgan fingerprint density at radius 3 is 2.45 bits per heavy atom. The van der Waals surface area contributed by atoms with Gasteiger partial charge in [-0.2, -0.15) is 0 Å². The van der Waals surface area contributed by atoms with Crippen LogP contribution < -0.4 is 10.2 Å². The Morgan fingerprint density at radius 1 is 1.17 bits per heavy atom. The van der Waals surface area contributed by atoms with Gasteiger partial charge in [0.05, 0.1) is 39.9 Å². The van der Waals surface area contributed by atoms with Gasteiger partial charge in [0.15, 0.2) is 0 Å². The topological polar surface area (TPSA) is 108 Å². The molecule has 0 fully saturated rings. The number of nitrogens with zero attached hydrogens (tertiary/aromatic N) is 1. The summed E-state index contributed by atoms with van der Waals surface area (Å²) in [7, 11) is 1.24. The first-order chi connectivity index (χ1) is 13.5. The number of phosphoric acid groups is 1. The number of unbranched alkanes of at least 4 members (excludes halogenated alkanes) is 4. The van der Waals surface area contributed by atoms with Crippen LogP contribution >= 0.6 is 7.82 Å². The summed E-state index contributed by atoms with van der Waals surface area (Å²) in [4.78, 5) is 23.9. The van der Waals surface area contributed by atoms with Crippen LogP contribution in [0.1, 0.15) is 58.8 Å². The number of aliphatic hydroxyl groups is 1. The Bertz CT molecular complexity index is 522. The molecule has 0 aromatic rings. The average molecular weight is 437 g/mol. The molecule has 0 aromatic heterocycles. The summed E-state index contributed by atoms with van der Waals surface area (Å²) in [6.07, 6.45) is 8.63. The fourth-order valence-electron chi connectivity index (χ4n) is 2.43. The lowest BCUT2D eigenvalue weighted by molar-refractivity contribution is -0.870. The molecule has 0 saturated carbocycles. The molecule has 0 aromatic carbocycles. The van der Waals surface area contributed by atoms with Crippen LogP contribution in [-0.2, 0) is 18.4 Å². The third-order valence-corrected chi connectivity index (χ3v) is 5.18. The summed E-state index contributed by atoms with van der Waals surface area (Å²) >= 11 is 0. The predicted octanol–water partition coefficient (Wildman–Crippen LogP) is 2.37. The van der Waals surface area contributed by atoms with Crippen LogP contribution in [0.4, 0.5) is 0 Å². The Morgan fingerprint density at radius 2 is 1.86 bits per heavy atom. The van der Waals surface area contributed by atoms with Crippen LogP contribution in [0, 0.1) is 0 Å². The molecule has 0 radical (unpaired) electrons. The highest BCUT2D eigenvalue weighted by molar-refractivity contribution is 7.45. The van der Waals surface area contributed by atoms with Crippen LogP contribution in [-0.4, -0.2) is 68.5 Å². The Labute approximate surface area is 176 Å². The SMILES string of the molecule is CCCCCC/C=C/C(O)C(COP(=O)([O-])OCC[N+](C)(C)C)NC(=O)CCC. The molecule has 1 amide bonds. The number of allylic oxidation sites excluding steroid dienone is 1. The van der Waals surface area contributed by atoms with Crippen molar-refractivity contribution in [1.29, 1.82) is 0 Å². The minimum atomic E-state index is -4.52. The van der Waals surface area contributed by atoms with Gasteiger partial charge < -0.3 is 28.8 Å². The molecule has 0 bridgehead atoms. The summed E-state index contributed by atoms with van der Waals surface area (Å²) in [5.74, 6) is -0.261. The van der Waals surface area contributed by atoms with Gasteiger partial charge in [-0.1, -0.05) is 45.3 Å². The quantitative estimate of drug-likeness (QED) is 0.157. The molecule has 172 valence electrons. The van der Waals surface area contributed by atoms with E-state index in [0.717, 1.165) is 25.7 Å². The van der Waals surface area contributed by atoms with E-state index in [2.05, 4.69) is 12.2 Å². The maximum absolute atomic E-state index is 12.0. The molecular formula is C20H41N2O6P. The van der Waals surface area contributed by atoms with Crippen LogP contribution in [0.25, 0.3) is 0 Å². The number of aliphatic hydroxyl groups excluding tert-OH is 1. The number of likely N-dealkylation sites (N-methyl/N-ethyl adjacent to an activating group) is 1. The predicted molar refractivity (Wildman–Crippen MR) is 113 cm³/mol. The summed E-state index contributed by atoms with van der Waals surface area (Å²) < 4.78 is 22.3. The van der Waals surface area contributed by atoms with E-state index in [1.807, 2.05) is 34.1 Å². The highest BCUT2D eigenvalue weighted by Crippen LogP contribution is 2.38. The normalized spacial score (nSPS) is 16.5. The summed E-state index contributed by atoms with van der Waals surface area (Å²) in [5.41, 5.74) is 0. The molecule has 0 heterocycles. The first kappa shape index (κ1) is 28.2. The van der Waals surface area contributed by atoms with Crippen molar-refractivity contribution in [1.82, 2.24) is 5.32 Å². The van der Waals surface area contributed by atoms with Crippen molar-refractivity contribution >= 4 is 13.7 Å². The molecule has 0 aliphatic carbocycles. The fourth-order valence-corrected chi connectivity index (χ4v) is 3.15. The van der Waals surface area contributed by atoms with Crippen LogP contribution in [0.2, 0.25) is 0 Å². The van der Waals surface area contributed by atoms with Gasteiger partial charge in [0.2, 0.25) is 5.91 Å². The molecule has 0 aliphatic heterocycles. The van der Waals surface area contributed by atoms with E-state index in [4.69, 9.17) is 9.05 Å². The van der Waals surface area contributed by atoms with E-state index >= 15 is 0 Å². The smallest absolute Gasteiger partial charge is 0.268 e. The zero-order valence-electron chi connectivity index (χ0n) is 18.8. The number of hydrogen-bond donors (Lipinski definition) is 2. The highest BCUT2D eigenvalue weighted by Gasteiger charge is 2.22. The maximum atomic E-state index is 12.0. The summed E-state index contributed by atoms with van der Waals surface area (Å²) in [6, 6.07) is -0.870. The molecule has 2 N–H and O–H groups in total. The van der Waals surface area contributed by atoms with Gasteiger partial charge in [-0.05, 0) is 19.3 Å². The van der Waals surface area contributed by atoms with Crippen molar-refractivity contribution in [2.45, 2.75) is 70.9 Å². The molecule has 29 heavy (non-hydrogen) atoms. The second-order valence-electron chi connectivity index (χ2n) is 8.28. The number of nitrogens with one attached hydrogen (secondary N) is 1. The average Bonchev–Trinajstić information content (AvgIpc) is 2.60. The molecule has 9 heteroatoms. The number of phosphoric ester groups is 1. The number of quaternary nitrogens is 1. The molecule has 0 aliphatic rings. The minimum Gasteiger partial charge on any atom is -0.756 e. The fraction of sp³-hybridized carbons (Fsp3) is 0.850. The van der Waals surface area contributed by atoms with Crippen molar-refractivity contribution in [3.05, 3.63) is 12.2 Å². The Kier molecular flexibility index (Phi) is 14.7. The lowest BCUT2D eigenvalue weighted by atomic mass is 10.1. The van der Waals surface area contributed by atoms with Gasteiger partial charge in [-0.25, -0.2) is 0 Å². The monoisotopic (exact) mass is 436 g/mol. The van der Waals surface area contributed by atoms with Gasteiger partial charge in [0.1, 0.15) is 13.2 Å². The lowest BCUT2D eigenvalue weighted by Gasteiger charge is -2.29. The van der Waals surface area contributed by atoms with E-state index in [1.54, 1.807) is 6.08 Å². The Balaban J connectivity index is 4.71. The zero-order chi connectivity index (χ0) is 22.3. The number of rotatable bonds is 17. The van der Waals surface area contributed by atoms with Gasteiger partial charge in [0, 0.05) is 6.42 Å². The van der Waals surface area contributed by atoms with Crippen LogP contribution in [0.3, 0.4) is 0 Å². The largest absolute Gasteiger partial charge is 0.756 e. The van der Waals surface area contributed by atoms with Crippen molar-refractivity contribution in [2.24, 2.45) is 0 Å². The van der Waals surface area contributed by atoms with E-state index in [0.29, 0.717) is 23.9 Å². The molecular weight excluding hydrogens is 395 g/mol. The summed E-state index contributed by atoms with van der Waals surface area (Å²) in [6.45, 7) is 4.12. The molecule has 8 nitrogen and oxygen atoms in total. The van der Waals surface area contributed by atoms with Crippen molar-refractivity contribution in [3.8, 4) is 0 Å². The number of hydrogen-bond acceptors (Lipinski definition) is 6. The second kappa shape index (κ2) is 15.1. The highest BCUT2D eigenvalue weighted by atomic mass is 31.2. The first-order valence-electron chi connectivity index (χ1n) is 10.6. The summed E-state index contributed by atoms with van der Waals surface area (Å²) in [5, 5.41) is 13.0. The lowest BCUT2D eigenvalue weighted by Crippen LogP contribution is -2.45. The van der Waals surface area contributed by atoms with E-state index < -0.39 is 20.0 Å². The molecule has 0 spiro atoms. The standard InChI is InChI=1S/C20H41N2O6P/c1-6-8-9-10-11-12-14-19(23)18(21-20(24)13-7-2)17-28-29(25,26)27-16-15-22(3,4)5/h12,14,18-19,23H,6-11,13,15-17H2,1-5H3,(H-,21,24,25,26)/b14-12+. The van der Waals surface area contributed by atoms with Crippen molar-refractivity contribution in [3.63, 3.8) is 0 Å². The zero-order valence-corrected chi connectivity index (χ0v) is 19.7. The van der Waals surface area contributed by atoms with E-state index in [9.17, 15) is 19.4 Å². The molecule has 3 unspecified atom stereocenters. The van der Waals surface area contributed by atoms with E-state index in [1.165, 1.54) is 6.42 Å². The first-order valence-corrected chi connectivity index (χ1v) is 12.0. The van der Waals surface area contributed by atoms with Crippen LogP contribution in [0.5, 0.6) is 0 Å². The van der Waals surface area contributed by atoms with Gasteiger partial charge in [-0.15, -0.1) is 0 Å². The minimum absolute atomic E-state index is 0.00262. The maximum Gasteiger partial charge on any atom is 0.268 e. The molecule has 0 saturated heterocycles. The second-order valence-corrected chi connectivity index (χ2v) is 9.69. The number of carbonyl (C=O) groups excluding carboxylic acids is 1. The van der Waals surface area contributed by atoms with Crippen molar-refractivity contribution < 1.29 is 32.9 Å². The third-order valence-electron chi connectivity index (χ3n) is 4.22. The van der Waals surface area contributed by atoms with Gasteiger partial charge in [-0.3, -0.25) is 9.36 Å². The van der Waals surface area contributed by atoms with Gasteiger partial charge in [0.25, 0.3) is 7.82 Å². The number of amides is 1. The van der Waals surface area contributed by atoms with Crippen LogP contribution in [0.15, 0.2) is 12.2 Å². The third kappa shape index (κ3) is 16.7. The Hall–Kier alpha value is -0.760. The van der Waals surface area contributed by atoms with Crippen molar-refractivity contribution in [2.75, 3.05) is 40.9 Å². The van der Waals surface area contributed by atoms with Gasteiger partial charge >= 0.3 is 0 Å².